The van der Waals surface area contributed by atoms with Gasteiger partial charge in [0.2, 0.25) is 0 Å². The van der Waals surface area contributed by atoms with E-state index < -0.39 is 97.5 Å². The molecule has 0 bridgehead atoms. The van der Waals surface area contributed by atoms with E-state index in [2.05, 4.69) is 52.0 Å². The highest BCUT2D eigenvalue weighted by Gasteiger charge is 2.30. The molecular formula is C77H146O17P2. The van der Waals surface area contributed by atoms with E-state index in [1.165, 1.54) is 173 Å². The van der Waals surface area contributed by atoms with Crippen LogP contribution in [0.2, 0.25) is 0 Å². The number of carbonyl (C=O) groups is 4. The van der Waals surface area contributed by atoms with E-state index in [1.807, 2.05) is 0 Å². The van der Waals surface area contributed by atoms with Crippen molar-refractivity contribution in [1.82, 2.24) is 0 Å². The van der Waals surface area contributed by atoms with Gasteiger partial charge in [-0.3, -0.25) is 37.3 Å². The van der Waals surface area contributed by atoms with E-state index in [4.69, 9.17) is 37.0 Å². The van der Waals surface area contributed by atoms with Crippen LogP contribution in [-0.4, -0.2) is 96.7 Å². The van der Waals surface area contributed by atoms with Gasteiger partial charge in [0, 0.05) is 25.7 Å². The van der Waals surface area contributed by atoms with Crippen molar-refractivity contribution in [3.8, 4) is 0 Å². The van der Waals surface area contributed by atoms with Crippen LogP contribution in [0.5, 0.6) is 0 Å². The third-order valence-electron chi connectivity index (χ3n) is 17.4. The number of hydrogen-bond donors (Lipinski definition) is 3. The Morgan fingerprint density at radius 3 is 0.729 bits per heavy atom. The van der Waals surface area contributed by atoms with Gasteiger partial charge in [-0.15, -0.1) is 0 Å². The third kappa shape index (κ3) is 70.0. The lowest BCUT2D eigenvalue weighted by atomic mass is 10.0. The zero-order valence-electron chi connectivity index (χ0n) is 61.8. The number of phosphoric ester groups is 2. The summed E-state index contributed by atoms with van der Waals surface area (Å²) in [6.45, 7) is 4.94. The van der Waals surface area contributed by atoms with Crippen LogP contribution in [0.15, 0.2) is 24.3 Å². The molecule has 0 aromatic rings. The molecule has 0 amide bonds. The van der Waals surface area contributed by atoms with Crippen molar-refractivity contribution in [2.75, 3.05) is 39.6 Å². The summed E-state index contributed by atoms with van der Waals surface area (Å²) in [5.41, 5.74) is 0. The number of ether oxygens (including phenoxy) is 4. The maximum Gasteiger partial charge on any atom is 0.472 e. The summed E-state index contributed by atoms with van der Waals surface area (Å²) in [6.07, 6.45) is 64.4. The van der Waals surface area contributed by atoms with E-state index in [0.29, 0.717) is 25.7 Å². The van der Waals surface area contributed by atoms with E-state index in [-0.39, 0.29) is 25.7 Å². The predicted octanol–water partition coefficient (Wildman–Crippen LogP) is 22.6. The minimum Gasteiger partial charge on any atom is -0.462 e. The van der Waals surface area contributed by atoms with Crippen LogP contribution < -0.4 is 0 Å². The molecule has 0 aliphatic carbocycles. The Labute approximate surface area is 586 Å². The van der Waals surface area contributed by atoms with Gasteiger partial charge >= 0.3 is 39.5 Å². The van der Waals surface area contributed by atoms with Crippen molar-refractivity contribution >= 4 is 39.5 Å². The molecule has 17 nitrogen and oxygen atoms in total. The average molecular weight is 1410 g/mol. The second kappa shape index (κ2) is 71.0. The molecule has 566 valence electrons. The Morgan fingerprint density at radius 1 is 0.281 bits per heavy atom. The van der Waals surface area contributed by atoms with Crippen molar-refractivity contribution in [2.45, 2.75) is 406 Å². The van der Waals surface area contributed by atoms with E-state index >= 15 is 0 Å². The molecule has 0 aromatic heterocycles. The van der Waals surface area contributed by atoms with Crippen LogP contribution in [0.1, 0.15) is 387 Å². The summed E-state index contributed by atoms with van der Waals surface area (Å²) in [4.78, 5) is 72.9. The lowest BCUT2D eigenvalue weighted by molar-refractivity contribution is -0.161. The van der Waals surface area contributed by atoms with Crippen molar-refractivity contribution in [3.63, 3.8) is 0 Å². The highest BCUT2D eigenvalue weighted by Crippen LogP contribution is 2.45. The smallest absolute Gasteiger partial charge is 0.462 e. The van der Waals surface area contributed by atoms with E-state index in [1.54, 1.807) is 0 Å². The number of allylic oxidation sites excluding steroid dienone is 4. The van der Waals surface area contributed by atoms with Gasteiger partial charge in [-0.05, 0) is 77.0 Å². The first-order valence-electron chi connectivity index (χ1n) is 39.6. The second-order valence-electron chi connectivity index (χ2n) is 27.0. The van der Waals surface area contributed by atoms with E-state index in [0.717, 1.165) is 135 Å². The molecule has 19 heteroatoms. The zero-order valence-corrected chi connectivity index (χ0v) is 63.6. The Balaban J connectivity index is 5.29. The van der Waals surface area contributed by atoms with Crippen molar-refractivity contribution in [3.05, 3.63) is 24.3 Å². The first kappa shape index (κ1) is 93.5. The predicted molar refractivity (Wildman–Crippen MR) is 391 cm³/mol. The lowest BCUT2D eigenvalue weighted by Gasteiger charge is -2.21. The van der Waals surface area contributed by atoms with Crippen LogP contribution in [0.3, 0.4) is 0 Å². The number of aliphatic hydroxyl groups is 1. The molecule has 2 unspecified atom stereocenters. The largest absolute Gasteiger partial charge is 0.472 e. The van der Waals surface area contributed by atoms with Gasteiger partial charge in [-0.25, -0.2) is 9.13 Å². The molecule has 0 aliphatic heterocycles. The van der Waals surface area contributed by atoms with Crippen LogP contribution in [0.4, 0.5) is 0 Å². The maximum atomic E-state index is 13.1. The number of esters is 4. The standard InChI is InChI=1S/C77H146O17P2/c1-5-9-13-17-21-25-29-33-35-39-42-46-50-54-58-62-75(80)88-68-73(94-77(82)64-60-56-52-48-44-40-36-34-30-26-22-18-14-10-6-2)70-92-96(85,86)90-66-71(78)65-89-95(83,84)91-69-72(93-76(81)63-59-55-51-47-43-38-32-28-24-20-16-12-8-4)67-87-74(79)61-57-53-49-45-41-37-31-27-23-19-15-11-7-3/h26,30,33,35,71-73,78H,5-25,27-29,31-32,34,36-70H2,1-4H3,(H,83,84)(H,85,86)/b30-26-,35-33-/t71-,72+,73+/m0/s1. The first-order chi connectivity index (χ1) is 46.7. The highest BCUT2D eigenvalue weighted by molar-refractivity contribution is 7.47. The molecule has 0 aliphatic rings. The monoisotopic (exact) mass is 1410 g/mol. The fourth-order valence-corrected chi connectivity index (χ4v) is 12.9. The van der Waals surface area contributed by atoms with Crippen molar-refractivity contribution in [2.24, 2.45) is 0 Å². The number of carbonyl (C=O) groups excluding carboxylic acids is 4. The molecule has 0 spiro atoms. The van der Waals surface area contributed by atoms with Gasteiger partial charge in [0.1, 0.15) is 19.3 Å². The quantitative estimate of drug-likeness (QED) is 0.0169. The average Bonchev–Trinajstić information content (AvgIpc) is 1.43. The van der Waals surface area contributed by atoms with Crippen LogP contribution in [0.25, 0.3) is 0 Å². The van der Waals surface area contributed by atoms with Gasteiger partial charge in [0.05, 0.1) is 26.4 Å². The topological polar surface area (TPSA) is 237 Å². The van der Waals surface area contributed by atoms with Gasteiger partial charge in [-0.2, -0.15) is 0 Å². The first-order valence-corrected chi connectivity index (χ1v) is 42.6. The molecule has 5 atom stereocenters. The van der Waals surface area contributed by atoms with Crippen molar-refractivity contribution in [1.29, 1.82) is 0 Å². The summed E-state index contributed by atoms with van der Waals surface area (Å²) < 4.78 is 68.6. The van der Waals surface area contributed by atoms with Gasteiger partial charge in [0.25, 0.3) is 0 Å². The van der Waals surface area contributed by atoms with Gasteiger partial charge in [0.15, 0.2) is 12.2 Å². The molecule has 0 radical (unpaired) electrons. The number of hydrogen-bond acceptors (Lipinski definition) is 15. The summed E-state index contributed by atoms with van der Waals surface area (Å²) in [5.74, 6) is -2.14. The molecule has 0 saturated heterocycles. The SMILES string of the molecule is CCCCCC/C=C\CCCCCCCCCC(=O)O[C@H](COC(=O)CCCCCCC/C=C\CCCCCCCC)COP(=O)(O)OC[C@@H](O)COP(=O)(O)OC[C@@H](COC(=O)CCCCCCCCCCCCCCC)OC(=O)CCCCCCCCCCCCCCC. The molecule has 0 saturated carbocycles. The highest BCUT2D eigenvalue weighted by atomic mass is 31.2. The lowest BCUT2D eigenvalue weighted by Crippen LogP contribution is -2.30. The van der Waals surface area contributed by atoms with Gasteiger partial charge in [-0.1, -0.05) is 309 Å². The Kier molecular flexibility index (Phi) is 69.1. The molecule has 0 aromatic carbocycles. The minimum atomic E-state index is -4.96. The second-order valence-corrected chi connectivity index (χ2v) is 29.9. The van der Waals surface area contributed by atoms with E-state index in [9.17, 15) is 43.2 Å². The number of phosphoric acid groups is 2. The number of aliphatic hydroxyl groups excluding tert-OH is 1. The number of rotatable bonds is 76. The normalized spacial score (nSPS) is 14.0. The fraction of sp³-hybridized carbons (Fsp3) is 0.896. The Bertz CT molecular complexity index is 1920. The summed E-state index contributed by atoms with van der Waals surface area (Å²) in [6, 6.07) is 0. The molecule has 0 rings (SSSR count). The van der Waals surface area contributed by atoms with Crippen LogP contribution in [-0.2, 0) is 65.4 Å². The van der Waals surface area contributed by atoms with Crippen molar-refractivity contribution < 1.29 is 80.2 Å². The fourth-order valence-electron chi connectivity index (χ4n) is 11.3. The summed E-state index contributed by atoms with van der Waals surface area (Å²) in [7, 11) is -9.92. The van der Waals surface area contributed by atoms with Crippen LogP contribution >= 0.6 is 15.6 Å². The summed E-state index contributed by atoms with van der Waals surface area (Å²) >= 11 is 0. The summed E-state index contributed by atoms with van der Waals surface area (Å²) in [5, 5.41) is 10.6. The number of unbranched alkanes of at least 4 members (excludes halogenated alkanes) is 46. The maximum absolute atomic E-state index is 13.1. The zero-order chi connectivity index (χ0) is 70.4. The molecule has 0 fully saturated rings. The molecular weight excluding hydrogens is 1260 g/mol. The molecule has 96 heavy (non-hydrogen) atoms. The molecule has 3 N–H and O–H groups in total. The Morgan fingerprint density at radius 2 is 0.479 bits per heavy atom. The Hall–Kier alpha value is -2.46. The molecule has 0 heterocycles. The third-order valence-corrected chi connectivity index (χ3v) is 19.3. The van der Waals surface area contributed by atoms with Crippen LogP contribution in [0, 0.1) is 0 Å². The van der Waals surface area contributed by atoms with Gasteiger partial charge < -0.3 is 33.8 Å². The minimum absolute atomic E-state index is 0.0959.